The summed E-state index contributed by atoms with van der Waals surface area (Å²) in [5.74, 6) is 0.352. The molecule has 0 fully saturated rings. The van der Waals surface area contributed by atoms with Gasteiger partial charge in [0.05, 0.1) is 12.8 Å². The van der Waals surface area contributed by atoms with Crippen LogP contribution in [0.2, 0.25) is 0 Å². The highest BCUT2D eigenvalue weighted by molar-refractivity contribution is 7.17. The summed E-state index contributed by atoms with van der Waals surface area (Å²) in [6.07, 6.45) is 0. The molecular formula is C20H19NO3S. The van der Waals surface area contributed by atoms with Crippen molar-refractivity contribution in [2.45, 2.75) is 20.5 Å². The van der Waals surface area contributed by atoms with Crippen molar-refractivity contribution in [3.05, 3.63) is 70.2 Å². The van der Waals surface area contributed by atoms with E-state index in [1.807, 2.05) is 62.4 Å². The normalized spacial score (nSPS) is 10.5. The van der Waals surface area contributed by atoms with Gasteiger partial charge in [-0.15, -0.1) is 11.3 Å². The zero-order valence-electron chi connectivity index (χ0n) is 14.4. The molecule has 5 heteroatoms. The summed E-state index contributed by atoms with van der Waals surface area (Å²) >= 11 is 1.35. The number of carbonyl (C=O) groups excluding carboxylic acids is 1. The van der Waals surface area contributed by atoms with Crippen LogP contribution in [0, 0.1) is 13.8 Å². The Balaban J connectivity index is 1.76. The van der Waals surface area contributed by atoms with Crippen molar-refractivity contribution in [3.63, 3.8) is 0 Å². The van der Waals surface area contributed by atoms with Crippen molar-refractivity contribution < 1.29 is 14.3 Å². The number of benzene rings is 2. The predicted octanol–water partition coefficient (Wildman–Crippen LogP) is 4.79. The lowest BCUT2D eigenvalue weighted by Gasteiger charge is -2.10. The fourth-order valence-electron chi connectivity index (χ4n) is 2.52. The maximum Gasteiger partial charge on any atom is 0.350 e. The van der Waals surface area contributed by atoms with Crippen LogP contribution in [-0.4, -0.2) is 18.1 Å². The molecule has 128 valence electrons. The first-order valence-electron chi connectivity index (χ1n) is 7.92. The van der Waals surface area contributed by atoms with Gasteiger partial charge >= 0.3 is 5.97 Å². The minimum atomic E-state index is -0.360. The zero-order chi connectivity index (χ0) is 17.8. The van der Waals surface area contributed by atoms with Gasteiger partial charge < -0.3 is 9.47 Å². The van der Waals surface area contributed by atoms with Crippen molar-refractivity contribution in [2.24, 2.45) is 0 Å². The highest BCUT2D eigenvalue weighted by Crippen LogP contribution is 2.29. The number of methoxy groups -OCH3 is 1. The summed E-state index contributed by atoms with van der Waals surface area (Å²) in [4.78, 5) is 17.5. The van der Waals surface area contributed by atoms with Crippen LogP contribution in [-0.2, 0) is 11.3 Å². The third-order valence-electron chi connectivity index (χ3n) is 3.80. The Hall–Kier alpha value is -2.66. The van der Waals surface area contributed by atoms with Gasteiger partial charge in [0.2, 0.25) is 0 Å². The molecule has 3 aromatic rings. The highest BCUT2D eigenvalue weighted by Gasteiger charge is 2.18. The fourth-order valence-corrected chi connectivity index (χ4v) is 3.48. The number of aromatic nitrogens is 1. The van der Waals surface area contributed by atoms with Gasteiger partial charge in [0.25, 0.3) is 0 Å². The molecule has 0 bridgehead atoms. The van der Waals surface area contributed by atoms with Crippen LogP contribution in [0.15, 0.2) is 48.5 Å². The van der Waals surface area contributed by atoms with E-state index in [9.17, 15) is 4.79 Å². The summed E-state index contributed by atoms with van der Waals surface area (Å²) in [5, 5.41) is 0.818. The maximum absolute atomic E-state index is 12.5. The summed E-state index contributed by atoms with van der Waals surface area (Å²) in [6.45, 7) is 3.98. The Morgan fingerprint density at radius 3 is 2.60 bits per heavy atom. The number of aryl methyl sites for hydroxylation is 2. The molecule has 0 aliphatic carbocycles. The topological polar surface area (TPSA) is 48.4 Å². The molecule has 0 aliphatic heterocycles. The maximum atomic E-state index is 12.5. The standard InChI is InChI=1S/C20H19NO3S/c1-13-9-10-17(23-3)16(11-13)12-24-20(22)18-14(2)21-19(25-18)15-7-5-4-6-8-15/h4-11H,12H2,1-3H3. The van der Waals surface area contributed by atoms with E-state index >= 15 is 0 Å². The predicted molar refractivity (Wildman–Crippen MR) is 99.1 cm³/mol. The van der Waals surface area contributed by atoms with Crippen LogP contribution in [0.4, 0.5) is 0 Å². The summed E-state index contributed by atoms with van der Waals surface area (Å²) in [7, 11) is 1.61. The van der Waals surface area contributed by atoms with Crippen LogP contribution in [0.3, 0.4) is 0 Å². The summed E-state index contributed by atoms with van der Waals surface area (Å²) in [5.41, 5.74) is 3.62. The largest absolute Gasteiger partial charge is 0.496 e. The number of rotatable bonds is 5. The van der Waals surface area contributed by atoms with Crippen molar-refractivity contribution in [2.75, 3.05) is 7.11 Å². The lowest BCUT2D eigenvalue weighted by molar-refractivity contribution is 0.0475. The Kier molecular flexibility index (Phi) is 5.14. The van der Waals surface area contributed by atoms with Gasteiger partial charge in [-0.25, -0.2) is 9.78 Å². The van der Waals surface area contributed by atoms with Gasteiger partial charge in [-0.05, 0) is 26.0 Å². The van der Waals surface area contributed by atoms with Crippen LogP contribution in [0.25, 0.3) is 10.6 Å². The second kappa shape index (κ2) is 7.49. The third kappa shape index (κ3) is 3.88. The second-order valence-corrected chi connectivity index (χ2v) is 6.69. The minimum absolute atomic E-state index is 0.168. The molecule has 1 heterocycles. The van der Waals surface area contributed by atoms with Gasteiger partial charge in [0.15, 0.2) is 0 Å². The van der Waals surface area contributed by atoms with E-state index in [0.717, 1.165) is 21.7 Å². The quantitative estimate of drug-likeness (QED) is 0.619. The molecule has 0 spiro atoms. The molecule has 0 saturated carbocycles. The van der Waals surface area contributed by atoms with E-state index in [1.165, 1.54) is 11.3 Å². The van der Waals surface area contributed by atoms with Crippen LogP contribution < -0.4 is 4.74 Å². The molecule has 0 aliphatic rings. The van der Waals surface area contributed by atoms with E-state index in [1.54, 1.807) is 7.11 Å². The van der Waals surface area contributed by atoms with Gasteiger partial charge in [-0.3, -0.25) is 0 Å². The Morgan fingerprint density at radius 2 is 1.88 bits per heavy atom. The first-order chi connectivity index (χ1) is 12.1. The first kappa shape index (κ1) is 17.2. The Bertz CT molecular complexity index is 887. The van der Waals surface area contributed by atoms with Crippen molar-refractivity contribution >= 4 is 17.3 Å². The van der Waals surface area contributed by atoms with Crippen LogP contribution in [0.1, 0.15) is 26.5 Å². The SMILES string of the molecule is COc1ccc(C)cc1COC(=O)c1sc(-c2ccccc2)nc1C. The number of esters is 1. The van der Waals surface area contributed by atoms with E-state index in [2.05, 4.69) is 4.98 Å². The van der Waals surface area contributed by atoms with Gasteiger partial charge in [-0.1, -0.05) is 42.0 Å². The molecule has 0 N–H and O–H groups in total. The number of ether oxygens (including phenoxy) is 2. The minimum Gasteiger partial charge on any atom is -0.496 e. The molecular weight excluding hydrogens is 334 g/mol. The average Bonchev–Trinajstić information content (AvgIpc) is 3.02. The monoisotopic (exact) mass is 353 g/mol. The number of carbonyl (C=O) groups is 1. The number of thiazole rings is 1. The van der Waals surface area contributed by atoms with Crippen LogP contribution >= 0.6 is 11.3 Å². The van der Waals surface area contributed by atoms with E-state index in [0.29, 0.717) is 16.3 Å². The van der Waals surface area contributed by atoms with E-state index < -0.39 is 0 Å². The van der Waals surface area contributed by atoms with Crippen molar-refractivity contribution in [1.29, 1.82) is 0 Å². The van der Waals surface area contributed by atoms with Gasteiger partial charge in [-0.2, -0.15) is 0 Å². The second-order valence-electron chi connectivity index (χ2n) is 5.69. The number of hydrogen-bond acceptors (Lipinski definition) is 5. The zero-order valence-corrected chi connectivity index (χ0v) is 15.2. The average molecular weight is 353 g/mol. The van der Waals surface area contributed by atoms with Gasteiger partial charge in [0, 0.05) is 11.1 Å². The van der Waals surface area contributed by atoms with E-state index in [4.69, 9.17) is 9.47 Å². The Morgan fingerprint density at radius 1 is 1.12 bits per heavy atom. The van der Waals surface area contributed by atoms with Crippen molar-refractivity contribution in [3.8, 4) is 16.3 Å². The first-order valence-corrected chi connectivity index (χ1v) is 8.73. The molecule has 1 aromatic heterocycles. The lowest BCUT2D eigenvalue weighted by Crippen LogP contribution is -2.06. The molecule has 0 saturated heterocycles. The van der Waals surface area contributed by atoms with E-state index in [-0.39, 0.29) is 12.6 Å². The fraction of sp³-hybridized carbons (Fsp3) is 0.200. The Labute approximate surface area is 151 Å². The summed E-state index contributed by atoms with van der Waals surface area (Å²) in [6, 6.07) is 15.6. The highest BCUT2D eigenvalue weighted by atomic mass is 32.1. The molecule has 0 amide bonds. The van der Waals surface area contributed by atoms with Crippen molar-refractivity contribution in [1.82, 2.24) is 4.98 Å². The number of hydrogen-bond donors (Lipinski definition) is 0. The molecule has 0 atom stereocenters. The summed E-state index contributed by atoms with van der Waals surface area (Å²) < 4.78 is 10.8. The molecule has 25 heavy (non-hydrogen) atoms. The number of nitrogens with zero attached hydrogens (tertiary/aromatic N) is 1. The molecule has 0 radical (unpaired) electrons. The van der Waals surface area contributed by atoms with Crippen LogP contribution in [0.5, 0.6) is 5.75 Å². The molecule has 3 rings (SSSR count). The molecule has 4 nitrogen and oxygen atoms in total. The smallest absolute Gasteiger partial charge is 0.350 e. The lowest BCUT2D eigenvalue weighted by atomic mass is 10.1. The molecule has 0 unspecified atom stereocenters. The third-order valence-corrected chi connectivity index (χ3v) is 4.98. The van der Waals surface area contributed by atoms with Gasteiger partial charge in [0.1, 0.15) is 22.2 Å². The molecule has 2 aromatic carbocycles.